The van der Waals surface area contributed by atoms with Crippen molar-refractivity contribution in [3.05, 3.63) is 11.6 Å². The molecule has 12 nitrogen and oxygen atoms in total. The van der Waals surface area contributed by atoms with E-state index in [9.17, 15) is 0 Å². The summed E-state index contributed by atoms with van der Waals surface area (Å²) in [6, 6.07) is 0. The van der Waals surface area contributed by atoms with Crippen molar-refractivity contribution in [3.63, 3.8) is 0 Å². The van der Waals surface area contributed by atoms with Gasteiger partial charge in [-0.3, -0.25) is 0 Å². The maximum Gasteiger partial charge on any atom is 0.225 e. The Morgan fingerprint density at radius 1 is 0.500 bits per heavy atom. The van der Waals surface area contributed by atoms with E-state index >= 15 is 0 Å². The van der Waals surface area contributed by atoms with E-state index in [0.29, 0.717) is 24.9 Å². The zero-order valence-electron chi connectivity index (χ0n) is 14.5. The highest BCUT2D eigenvalue weighted by Crippen LogP contribution is 2.05. The number of anilines is 4. The lowest BCUT2D eigenvalue weighted by Gasteiger charge is -2.06. The van der Waals surface area contributed by atoms with Crippen LogP contribution in [0.3, 0.4) is 0 Å². The van der Waals surface area contributed by atoms with E-state index in [2.05, 4.69) is 29.9 Å². The van der Waals surface area contributed by atoms with E-state index in [1.165, 1.54) is 0 Å². The van der Waals surface area contributed by atoms with Gasteiger partial charge in [0.05, 0.1) is 0 Å². The summed E-state index contributed by atoms with van der Waals surface area (Å²) in [5.41, 5.74) is 22.0. The SMILES string of the molecule is Nc1nc(N)nc(COCCCCCCOCc2nc(N)nc(N)n2)n1. The van der Waals surface area contributed by atoms with Crippen LogP contribution in [0.25, 0.3) is 0 Å². The van der Waals surface area contributed by atoms with E-state index in [4.69, 9.17) is 32.4 Å². The molecule has 2 heterocycles. The van der Waals surface area contributed by atoms with Crippen LogP contribution < -0.4 is 22.9 Å². The minimum atomic E-state index is 0.0960. The third-order valence-electron chi connectivity index (χ3n) is 3.22. The summed E-state index contributed by atoms with van der Waals surface area (Å²) in [7, 11) is 0. The minimum absolute atomic E-state index is 0.0960. The molecule has 26 heavy (non-hydrogen) atoms. The smallest absolute Gasteiger partial charge is 0.225 e. The summed E-state index contributed by atoms with van der Waals surface area (Å²) >= 11 is 0. The monoisotopic (exact) mass is 364 g/mol. The molecule has 0 atom stereocenters. The van der Waals surface area contributed by atoms with Crippen molar-refractivity contribution in [2.75, 3.05) is 36.1 Å². The lowest BCUT2D eigenvalue weighted by Crippen LogP contribution is -2.08. The first-order chi connectivity index (χ1) is 12.5. The van der Waals surface area contributed by atoms with Gasteiger partial charge < -0.3 is 32.4 Å². The molecule has 0 aromatic carbocycles. The fourth-order valence-corrected chi connectivity index (χ4v) is 2.13. The third kappa shape index (κ3) is 7.36. The van der Waals surface area contributed by atoms with Gasteiger partial charge in [0.1, 0.15) is 13.2 Å². The molecule has 2 aromatic rings. The molecule has 0 aliphatic carbocycles. The fraction of sp³-hybridized carbons (Fsp3) is 0.571. The quantitative estimate of drug-likeness (QED) is 0.379. The van der Waals surface area contributed by atoms with Crippen molar-refractivity contribution in [2.24, 2.45) is 0 Å². The average molecular weight is 364 g/mol. The summed E-state index contributed by atoms with van der Waals surface area (Å²) in [6.45, 7) is 1.74. The van der Waals surface area contributed by atoms with Gasteiger partial charge in [0, 0.05) is 13.2 Å². The Balaban J connectivity index is 1.47. The highest BCUT2D eigenvalue weighted by Gasteiger charge is 2.03. The van der Waals surface area contributed by atoms with Crippen molar-refractivity contribution < 1.29 is 9.47 Å². The van der Waals surface area contributed by atoms with Crippen molar-refractivity contribution in [1.29, 1.82) is 0 Å². The lowest BCUT2D eigenvalue weighted by molar-refractivity contribution is 0.103. The first-order valence-corrected chi connectivity index (χ1v) is 8.20. The van der Waals surface area contributed by atoms with Crippen LogP contribution in [0, 0.1) is 0 Å². The molecule has 142 valence electrons. The molecule has 0 unspecified atom stereocenters. The van der Waals surface area contributed by atoms with Crippen LogP contribution in [-0.2, 0) is 22.7 Å². The molecule has 0 aliphatic rings. The molecule has 12 heteroatoms. The molecule has 0 saturated carbocycles. The van der Waals surface area contributed by atoms with E-state index < -0.39 is 0 Å². The number of hydrogen-bond acceptors (Lipinski definition) is 12. The molecule has 0 bridgehead atoms. The van der Waals surface area contributed by atoms with Gasteiger partial charge in [-0.1, -0.05) is 12.8 Å². The summed E-state index contributed by atoms with van der Waals surface area (Å²) < 4.78 is 11.0. The molecule has 2 aromatic heterocycles. The number of nitrogens with two attached hydrogens (primary N) is 4. The van der Waals surface area contributed by atoms with Gasteiger partial charge >= 0.3 is 0 Å². The number of ether oxygens (including phenoxy) is 2. The van der Waals surface area contributed by atoms with Crippen molar-refractivity contribution >= 4 is 23.8 Å². The number of unbranched alkanes of at least 4 members (excludes halogenated alkanes) is 3. The van der Waals surface area contributed by atoms with Gasteiger partial charge in [-0.25, -0.2) is 0 Å². The largest absolute Gasteiger partial charge is 0.373 e. The summed E-state index contributed by atoms with van der Waals surface area (Å²) in [6.07, 6.45) is 3.90. The zero-order chi connectivity index (χ0) is 18.8. The van der Waals surface area contributed by atoms with Crippen LogP contribution in [0.4, 0.5) is 23.8 Å². The van der Waals surface area contributed by atoms with Crippen molar-refractivity contribution in [3.8, 4) is 0 Å². The average Bonchev–Trinajstić information content (AvgIpc) is 2.55. The van der Waals surface area contributed by atoms with Crippen LogP contribution in [0.15, 0.2) is 0 Å². The molecular weight excluding hydrogens is 340 g/mol. The van der Waals surface area contributed by atoms with Crippen LogP contribution in [0.5, 0.6) is 0 Å². The van der Waals surface area contributed by atoms with Gasteiger partial charge in [-0.15, -0.1) is 0 Å². The number of nitrogens with zero attached hydrogens (tertiary/aromatic N) is 6. The topological polar surface area (TPSA) is 200 Å². The highest BCUT2D eigenvalue weighted by atomic mass is 16.5. The standard InChI is InChI=1S/C14H24N10O2/c15-11-19-9(20-12(16)23-11)7-25-5-3-1-2-4-6-26-8-10-21-13(17)24-14(18)22-10/h1-8H2,(H4,15,16,19,20,23)(H4,17,18,21,22,24). The highest BCUT2D eigenvalue weighted by molar-refractivity contribution is 5.26. The van der Waals surface area contributed by atoms with Crippen LogP contribution in [0.1, 0.15) is 37.3 Å². The molecule has 8 N–H and O–H groups in total. The molecule has 0 fully saturated rings. The molecule has 2 rings (SSSR count). The van der Waals surface area contributed by atoms with E-state index in [0.717, 1.165) is 25.7 Å². The maximum atomic E-state index is 5.50. The fourth-order valence-electron chi connectivity index (χ4n) is 2.13. The Bertz CT molecular complexity index is 599. The predicted molar refractivity (Wildman–Crippen MR) is 95.1 cm³/mol. The molecule has 0 spiro atoms. The molecule has 0 amide bonds. The molecule has 0 saturated heterocycles. The van der Waals surface area contributed by atoms with E-state index in [-0.39, 0.29) is 37.0 Å². The Morgan fingerprint density at radius 3 is 1.19 bits per heavy atom. The number of rotatable bonds is 11. The Hall–Kier alpha value is -2.86. The van der Waals surface area contributed by atoms with E-state index in [1.54, 1.807) is 0 Å². The van der Waals surface area contributed by atoms with Gasteiger partial charge in [0.15, 0.2) is 11.6 Å². The lowest BCUT2D eigenvalue weighted by atomic mass is 10.2. The van der Waals surface area contributed by atoms with Gasteiger partial charge in [0.25, 0.3) is 0 Å². The third-order valence-corrected chi connectivity index (χ3v) is 3.22. The zero-order valence-corrected chi connectivity index (χ0v) is 14.5. The minimum Gasteiger partial charge on any atom is -0.373 e. The summed E-state index contributed by atoms with van der Waals surface area (Å²) in [4.78, 5) is 23.2. The van der Waals surface area contributed by atoms with Crippen molar-refractivity contribution in [2.45, 2.75) is 38.9 Å². The van der Waals surface area contributed by atoms with E-state index in [1.807, 2.05) is 0 Å². The first-order valence-electron chi connectivity index (χ1n) is 8.20. The molecular formula is C14H24N10O2. The second kappa shape index (κ2) is 10.2. The number of hydrogen-bond donors (Lipinski definition) is 4. The van der Waals surface area contributed by atoms with Crippen LogP contribution in [0.2, 0.25) is 0 Å². The predicted octanol–water partition coefficient (Wildman–Crippen LogP) is -0.321. The van der Waals surface area contributed by atoms with Gasteiger partial charge in [0.2, 0.25) is 23.8 Å². The Labute approximate surface area is 150 Å². The van der Waals surface area contributed by atoms with Gasteiger partial charge in [-0.2, -0.15) is 29.9 Å². The summed E-state index contributed by atoms with van der Waals surface area (Å²) in [5.74, 6) is 1.25. The number of aromatic nitrogens is 6. The van der Waals surface area contributed by atoms with Crippen molar-refractivity contribution in [1.82, 2.24) is 29.9 Å². The van der Waals surface area contributed by atoms with Crippen LogP contribution >= 0.6 is 0 Å². The Morgan fingerprint density at radius 2 is 0.846 bits per heavy atom. The number of nitrogen functional groups attached to an aromatic ring is 4. The molecule has 0 radical (unpaired) electrons. The Kier molecular flexibility index (Phi) is 7.64. The second-order valence-electron chi connectivity index (χ2n) is 5.46. The van der Waals surface area contributed by atoms with Gasteiger partial charge in [-0.05, 0) is 12.8 Å². The second-order valence-corrected chi connectivity index (χ2v) is 5.46. The maximum absolute atomic E-state index is 5.50. The summed E-state index contributed by atoms with van der Waals surface area (Å²) in [5, 5.41) is 0. The molecule has 0 aliphatic heterocycles. The first kappa shape index (κ1) is 19.5. The normalized spacial score (nSPS) is 10.9. The van der Waals surface area contributed by atoms with Crippen LogP contribution in [-0.4, -0.2) is 43.1 Å².